The number of aromatic nitrogens is 1. The van der Waals surface area contributed by atoms with Gasteiger partial charge in [0.15, 0.2) is 4.34 Å². The third-order valence-corrected chi connectivity index (χ3v) is 7.16. The highest BCUT2D eigenvalue weighted by molar-refractivity contribution is 8.00. The number of nitrogens with one attached hydrogen (secondary N) is 1. The van der Waals surface area contributed by atoms with Gasteiger partial charge < -0.3 is 5.32 Å². The zero-order valence-electron chi connectivity index (χ0n) is 17.6. The van der Waals surface area contributed by atoms with Gasteiger partial charge in [0.25, 0.3) is 5.91 Å². The lowest BCUT2D eigenvalue weighted by atomic mass is 9.87. The molecule has 0 aliphatic rings. The number of anilines is 1. The highest BCUT2D eigenvalue weighted by Gasteiger charge is 2.14. The number of fused-ring (bicyclic) bond motifs is 1. The highest BCUT2D eigenvalue weighted by atomic mass is 32.2. The van der Waals surface area contributed by atoms with Gasteiger partial charge >= 0.3 is 0 Å². The van der Waals surface area contributed by atoms with E-state index in [0.717, 1.165) is 20.3 Å². The normalized spacial score (nSPS) is 11.6. The van der Waals surface area contributed by atoms with Gasteiger partial charge in [-0.25, -0.2) is 9.37 Å². The number of thioether (sulfide) groups is 1. The van der Waals surface area contributed by atoms with Crippen LogP contribution in [-0.4, -0.2) is 10.9 Å². The summed E-state index contributed by atoms with van der Waals surface area (Å²) in [7, 11) is 0. The van der Waals surface area contributed by atoms with Crippen LogP contribution in [0.15, 0.2) is 71.1 Å². The van der Waals surface area contributed by atoms with Crippen molar-refractivity contribution in [1.82, 2.24) is 4.98 Å². The number of nitrogens with zero attached hydrogens (tertiary/aromatic N) is 1. The molecule has 1 heterocycles. The third kappa shape index (κ3) is 5.14. The smallest absolute Gasteiger partial charge is 0.258 e. The second-order valence-corrected chi connectivity index (χ2v) is 10.6. The van der Waals surface area contributed by atoms with Crippen LogP contribution in [0.2, 0.25) is 0 Å². The Morgan fingerprint density at radius 2 is 1.81 bits per heavy atom. The van der Waals surface area contributed by atoms with Crippen molar-refractivity contribution in [2.45, 2.75) is 36.3 Å². The first kappa shape index (κ1) is 21.5. The summed E-state index contributed by atoms with van der Waals surface area (Å²) in [6.07, 6.45) is 0. The number of amides is 1. The summed E-state index contributed by atoms with van der Waals surface area (Å²) in [5.74, 6) is -0.149. The van der Waals surface area contributed by atoms with Crippen molar-refractivity contribution in [2.75, 3.05) is 5.32 Å². The SMILES string of the molecule is CC(C)(C)c1ccc(CSc2nc3ccc(NC(=O)c4ccccc4F)cc3s2)cc1. The molecule has 0 spiro atoms. The van der Waals surface area contributed by atoms with Crippen molar-refractivity contribution in [2.24, 2.45) is 0 Å². The van der Waals surface area contributed by atoms with Gasteiger partial charge in [-0.15, -0.1) is 11.3 Å². The van der Waals surface area contributed by atoms with E-state index in [2.05, 4.69) is 55.3 Å². The van der Waals surface area contributed by atoms with Gasteiger partial charge in [-0.2, -0.15) is 0 Å². The molecule has 0 saturated heterocycles. The summed E-state index contributed by atoms with van der Waals surface area (Å²) in [5, 5.41) is 2.77. The van der Waals surface area contributed by atoms with Crippen LogP contribution in [0.4, 0.5) is 10.1 Å². The van der Waals surface area contributed by atoms with E-state index in [-0.39, 0.29) is 11.0 Å². The molecule has 4 aromatic rings. The Bertz CT molecular complexity index is 1230. The zero-order chi connectivity index (χ0) is 22.0. The van der Waals surface area contributed by atoms with E-state index in [1.807, 2.05) is 12.1 Å². The predicted octanol–water partition coefficient (Wildman–Crippen LogP) is 7.28. The molecule has 1 N–H and O–H groups in total. The van der Waals surface area contributed by atoms with E-state index >= 15 is 0 Å². The summed E-state index contributed by atoms with van der Waals surface area (Å²) >= 11 is 3.29. The number of hydrogen-bond donors (Lipinski definition) is 1. The summed E-state index contributed by atoms with van der Waals surface area (Å²) in [6.45, 7) is 6.64. The number of thiazole rings is 1. The lowest BCUT2D eigenvalue weighted by molar-refractivity contribution is 0.102. The van der Waals surface area contributed by atoms with E-state index in [4.69, 9.17) is 0 Å². The van der Waals surface area contributed by atoms with Gasteiger partial charge in [-0.3, -0.25) is 4.79 Å². The van der Waals surface area contributed by atoms with Crippen LogP contribution in [0, 0.1) is 5.82 Å². The minimum atomic E-state index is -0.534. The quantitative estimate of drug-likeness (QED) is 0.325. The molecule has 0 fully saturated rings. The molecule has 31 heavy (non-hydrogen) atoms. The number of carbonyl (C=O) groups is 1. The van der Waals surface area contributed by atoms with Crippen LogP contribution in [0.5, 0.6) is 0 Å². The fourth-order valence-corrected chi connectivity index (χ4v) is 5.20. The molecule has 0 bridgehead atoms. The Hall–Kier alpha value is -2.70. The molecular formula is C25H23FN2OS2. The summed E-state index contributed by atoms with van der Waals surface area (Å²) in [6, 6.07) is 20.3. The maximum Gasteiger partial charge on any atom is 0.258 e. The monoisotopic (exact) mass is 450 g/mol. The number of hydrogen-bond acceptors (Lipinski definition) is 4. The Morgan fingerprint density at radius 3 is 2.52 bits per heavy atom. The largest absolute Gasteiger partial charge is 0.322 e. The van der Waals surface area contributed by atoms with Gasteiger partial charge in [-0.1, -0.05) is 68.9 Å². The molecular weight excluding hydrogens is 427 g/mol. The van der Waals surface area contributed by atoms with Crippen LogP contribution in [0.3, 0.4) is 0 Å². The number of carbonyl (C=O) groups excluding carboxylic acids is 1. The van der Waals surface area contributed by atoms with Gasteiger partial charge in [0.05, 0.1) is 15.8 Å². The lowest BCUT2D eigenvalue weighted by Crippen LogP contribution is -2.13. The predicted molar refractivity (Wildman–Crippen MR) is 129 cm³/mol. The molecule has 0 atom stereocenters. The minimum Gasteiger partial charge on any atom is -0.322 e. The van der Waals surface area contributed by atoms with E-state index in [0.29, 0.717) is 5.69 Å². The highest BCUT2D eigenvalue weighted by Crippen LogP contribution is 2.33. The number of rotatable bonds is 5. The van der Waals surface area contributed by atoms with Crippen LogP contribution in [0.1, 0.15) is 42.3 Å². The first-order chi connectivity index (χ1) is 14.8. The lowest BCUT2D eigenvalue weighted by Gasteiger charge is -2.19. The number of benzene rings is 3. The maximum absolute atomic E-state index is 13.8. The summed E-state index contributed by atoms with van der Waals surface area (Å²) in [4.78, 5) is 17.0. The van der Waals surface area contributed by atoms with Crippen LogP contribution >= 0.6 is 23.1 Å². The van der Waals surface area contributed by atoms with Crippen molar-refractivity contribution in [3.05, 3.63) is 89.2 Å². The Morgan fingerprint density at radius 1 is 1.06 bits per heavy atom. The minimum absolute atomic E-state index is 0.0284. The van der Waals surface area contributed by atoms with Gasteiger partial charge in [0.2, 0.25) is 0 Å². The fraction of sp³-hybridized carbons (Fsp3) is 0.200. The molecule has 0 radical (unpaired) electrons. The van der Waals surface area contributed by atoms with E-state index < -0.39 is 11.7 Å². The molecule has 1 aromatic heterocycles. The molecule has 0 unspecified atom stereocenters. The molecule has 0 saturated carbocycles. The maximum atomic E-state index is 13.8. The van der Waals surface area contributed by atoms with Gasteiger partial charge in [0, 0.05) is 11.4 Å². The van der Waals surface area contributed by atoms with Crippen LogP contribution < -0.4 is 5.32 Å². The van der Waals surface area contributed by atoms with Crippen molar-refractivity contribution in [3.63, 3.8) is 0 Å². The van der Waals surface area contributed by atoms with E-state index in [1.54, 1.807) is 41.3 Å². The standard InChI is InChI=1S/C25H23FN2OS2/c1-25(2,3)17-10-8-16(9-11-17)15-30-24-28-21-13-12-18(14-22(21)31-24)27-23(29)19-6-4-5-7-20(19)26/h4-14H,15H2,1-3H3,(H,27,29). The summed E-state index contributed by atoms with van der Waals surface area (Å²) in [5.41, 5.74) is 4.28. The zero-order valence-corrected chi connectivity index (χ0v) is 19.2. The molecule has 3 nitrogen and oxygen atoms in total. The van der Waals surface area contributed by atoms with Gasteiger partial charge in [-0.05, 0) is 46.9 Å². The van der Waals surface area contributed by atoms with Crippen molar-refractivity contribution in [1.29, 1.82) is 0 Å². The molecule has 4 rings (SSSR count). The Labute approximate surface area is 189 Å². The van der Waals surface area contributed by atoms with Crippen LogP contribution in [-0.2, 0) is 11.2 Å². The number of halogens is 1. The van der Waals surface area contributed by atoms with E-state index in [1.165, 1.54) is 23.3 Å². The Balaban J connectivity index is 1.44. The second-order valence-electron chi connectivity index (χ2n) is 8.33. The van der Waals surface area contributed by atoms with Gasteiger partial charge in [0.1, 0.15) is 5.82 Å². The van der Waals surface area contributed by atoms with E-state index in [9.17, 15) is 9.18 Å². The average Bonchev–Trinajstić information content (AvgIpc) is 3.14. The molecule has 0 aliphatic heterocycles. The average molecular weight is 451 g/mol. The van der Waals surface area contributed by atoms with Crippen molar-refractivity contribution >= 4 is 44.9 Å². The Kier molecular flexibility index (Phi) is 6.12. The topological polar surface area (TPSA) is 42.0 Å². The molecule has 6 heteroatoms. The third-order valence-electron chi connectivity index (χ3n) is 4.93. The first-order valence-electron chi connectivity index (χ1n) is 9.98. The first-order valence-corrected chi connectivity index (χ1v) is 11.8. The molecule has 158 valence electrons. The van der Waals surface area contributed by atoms with Crippen LogP contribution in [0.25, 0.3) is 10.2 Å². The fourth-order valence-electron chi connectivity index (χ4n) is 3.13. The molecule has 0 aliphatic carbocycles. The van der Waals surface area contributed by atoms with Crippen molar-refractivity contribution < 1.29 is 9.18 Å². The second kappa shape index (κ2) is 8.81. The molecule has 3 aromatic carbocycles. The van der Waals surface area contributed by atoms with Crippen molar-refractivity contribution in [3.8, 4) is 0 Å². The summed E-state index contributed by atoms with van der Waals surface area (Å²) < 4.78 is 15.8. The molecule has 1 amide bonds.